The maximum Gasteiger partial charge on any atom is 0.236 e. The van der Waals surface area contributed by atoms with E-state index < -0.39 is 0 Å². The van der Waals surface area contributed by atoms with E-state index in [2.05, 4.69) is 5.32 Å². The van der Waals surface area contributed by atoms with Crippen LogP contribution in [0, 0.1) is 0 Å². The SMILES string of the molecule is CNCc1c(Cl)cccc1N(CC(N)=O)C(C)C. The first kappa shape index (κ1) is 14.8. The normalized spacial score (nSPS) is 10.7. The average molecular weight is 270 g/mol. The maximum absolute atomic E-state index is 11.2. The fraction of sp³-hybridized carbons (Fsp3) is 0.462. The van der Waals surface area contributed by atoms with Crippen LogP contribution in [-0.4, -0.2) is 25.5 Å². The fourth-order valence-corrected chi connectivity index (χ4v) is 2.12. The largest absolute Gasteiger partial charge is 0.368 e. The molecule has 0 aliphatic rings. The third-order valence-electron chi connectivity index (χ3n) is 2.71. The van der Waals surface area contributed by atoms with Crippen molar-refractivity contribution in [1.29, 1.82) is 0 Å². The summed E-state index contributed by atoms with van der Waals surface area (Å²) in [5.41, 5.74) is 7.23. The molecular weight excluding hydrogens is 250 g/mol. The van der Waals surface area contributed by atoms with E-state index in [1.165, 1.54) is 0 Å². The Labute approximate surface area is 113 Å². The van der Waals surface area contributed by atoms with Crippen LogP contribution in [0.3, 0.4) is 0 Å². The van der Waals surface area contributed by atoms with Gasteiger partial charge < -0.3 is 16.0 Å². The van der Waals surface area contributed by atoms with Gasteiger partial charge in [0.1, 0.15) is 0 Å². The lowest BCUT2D eigenvalue weighted by atomic mass is 10.1. The Morgan fingerprint density at radius 2 is 2.17 bits per heavy atom. The molecule has 0 saturated heterocycles. The number of rotatable bonds is 6. The minimum absolute atomic E-state index is 0.173. The van der Waals surface area contributed by atoms with Crippen LogP contribution >= 0.6 is 11.6 Å². The van der Waals surface area contributed by atoms with Crippen LogP contribution in [0.25, 0.3) is 0 Å². The van der Waals surface area contributed by atoms with Crippen molar-refractivity contribution in [2.24, 2.45) is 5.73 Å². The number of hydrogen-bond acceptors (Lipinski definition) is 3. The van der Waals surface area contributed by atoms with E-state index in [0.717, 1.165) is 11.3 Å². The van der Waals surface area contributed by atoms with Crippen molar-refractivity contribution in [2.75, 3.05) is 18.5 Å². The van der Waals surface area contributed by atoms with E-state index >= 15 is 0 Å². The van der Waals surface area contributed by atoms with Crippen molar-refractivity contribution in [3.63, 3.8) is 0 Å². The summed E-state index contributed by atoms with van der Waals surface area (Å²) in [5, 5.41) is 3.78. The molecule has 3 N–H and O–H groups in total. The van der Waals surface area contributed by atoms with Crippen LogP contribution < -0.4 is 16.0 Å². The number of primary amides is 1. The van der Waals surface area contributed by atoms with Gasteiger partial charge in [-0.3, -0.25) is 4.79 Å². The Morgan fingerprint density at radius 1 is 1.50 bits per heavy atom. The monoisotopic (exact) mass is 269 g/mol. The van der Waals surface area contributed by atoms with E-state index in [1.807, 2.05) is 44.0 Å². The lowest BCUT2D eigenvalue weighted by Crippen LogP contribution is -2.39. The van der Waals surface area contributed by atoms with Crippen LogP contribution in [0.1, 0.15) is 19.4 Å². The zero-order chi connectivity index (χ0) is 13.7. The summed E-state index contributed by atoms with van der Waals surface area (Å²) in [4.78, 5) is 13.1. The molecule has 1 aromatic carbocycles. The number of anilines is 1. The molecule has 4 nitrogen and oxygen atoms in total. The van der Waals surface area contributed by atoms with E-state index in [9.17, 15) is 4.79 Å². The van der Waals surface area contributed by atoms with Crippen molar-refractivity contribution in [3.05, 3.63) is 28.8 Å². The number of benzene rings is 1. The molecule has 1 rings (SSSR count). The molecular formula is C13H20ClN3O. The summed E-state index contributed by atoms with van der Waals surface area (Å²) in [6, 6.07) is 5.86. The lowest BCUT2D eigenvalue weighted by molar-refractivity contribution is -0.116. The summed E-state index contributed by atoms with van der Waals surface area (Å²) in [5.74, 6) is -0.348. The number of halogens is 1. The number of nitrogens with zero attached hydrogens (tertiary/aromatic N) is 1. The summed E-state index contributed by atoms with van der Waals surface area (Å²) < 4.78 is 0. The van der Waals surface area contributed by atoms with Crippen molar-refractivity contribution in [1.82, 2.24) is 5.32 Å². The van der Waals surface area contributed by atoms with E-state index in [1.54, 1.807) is 0 Å². The van der Waals surface area contributed by atoms with Gasteiger partial charge in [-0.25, -0.2) is 0 Å². The molecule has 1 amide bonds. The molecule has 0 unspecified atom stereocenters. The van der Waals surface area contributed by atoms with Crippen molar-refractivity contribution in [2.45, 2.75) is 26.4 Å². The van der Waals surface area contributed by atoms with E-state index in [4.69, 9.17) is 17.3 Å². The Hall–Kier alpha value is -1.26. The molecule has 0 atom stereocenters. The zero-order valence-corrected chi connectivity index (χ0v) is 11.8. The van der Waals surface area contributed by atoms with Crippen LogP contribution in [0.2, 0.25) is 5.02 Å². The first-order valence-electron chi connectivity index (χ1n) is 5.94. The lowest BCUT2D eigenvalue weighted by Gasteiger charge is -2.30. The number of carbonyl (C=O) groups excluding carboxylic acids is 1. The quantitative estimate of drug-likeness (QED) is 0.827. The van der Waals surface area contributed by atoms with E-state index in [-0.39, 0.29) is 18.5 Å². The third-order valence-corrected chi connectivity index (χ3v) is 3.06. The number of nitrogens with one attached hydrogen (secondary N) is 1. The van der Waals surface area contributed by atoms with Crippen LogP contribution in [-0.2, 0) is 11.3 Å². The molecule has 0 radical (unpaired) electrons. The fourth-order valence-electron chi connectivity index (χ4n) is 1.88. The highest BCUT2D eigenvalue weighted by molar-refractivity contribution is 6.31. The standard InChI is InChI=1S/C13H20ClN3O/c1-9(2)17(8-13(15)18)12-6-4-5-11(14)10(12)7-16-3/h4-6,9,16H,7-8H2,1-3H3,(H2,15,18). The van der Waals surface area contributed by atoms with Crippen LogP contribution in [0.15, 0.2) is 18.2 Å². The van der Waals surface area contributed by atoms with Crippen molar-refractivity contribution >= 4 is 23.2 Å². The van der Waals surface area contributed by atoms with Gasteiger partial charge in [0.25, 0.3) is 0 Å². The third kappa shape index (κ3) is 3.62. The van der Waals surface area contributed by atoms with E-state index in [0.29, 0.717) is 11.6 Å². The number of amides is 1. The minimum Gasteiger partial charge on any atom is -0.368 e. The molecule has 5 heteroatoms. The second-order valence-electron chi connectivity index (χ2n) is 4.46. The number of hydrogen-bond donors (Lipinski definition) is 2. The molecule has 0 saturated carbocycles. The van der Waals surface area contributed by atoms with Crippen molar-refractivity contribution < 1.29 is 4.79 Å². The predicted octanol–water partition coefficient (Wildman–Crippen LogP) is 1.76. The summed E-state index contributed by atoms with van der Waals surface area (Å²) >= 11 is 6.21. The van der Waals surface area contributed by atoms with Gasteiger partial charge >= 0.3 is 0 Å². The van der Waals surface area contributed by atoms with Gasteiger partial charge in [0, 0.05) is 28.9 Å². The topological polar surface area (TPSA) is 58.4 Å². The van der Waals surface area contributed by atoms with Gasteiger partial charge in [-0.2, -0.15) is 0 Å². The summed E-state index contributed by atoms with van der Waals surface area (Å²) in [6.07, 6.45) is 0. The molecule has 0 spiro atoms. The van der Waals surface area contributed by atoms with Crippen molar-refractivity contribution in [3.8, 4) is 0 Å². The van der Waals surface area contributed by atoms with Crippen LogP contribution in [0.5, 0.6) is 0 Å². The van der Waals surface area contributed by atoms with Gasteiger partial charge in [-0.15, -0.1) is 0 Å². The van der Waals surface area contributed by atoms with Gasteiger partial charge in [0.15, 0.2) is 0 Å². The molecule has 100 valence electrons. The maximum atomic E-state index is 11.2. The Morgan fingerprint density at radius 3 is 2.67 bits per heavy atom. The number of nitrogens with two attached hydrogens (primary N) is 1. The highest BCUT2D eigenvalue weighted by atomic mass is 35.5. The highest BCUT2D eigenvalue weighted by Crippen LogP contribution is 2.28. The zero-order valence-electron chi connectivity index (χ0n) is 11.0. The molecule has 0 aliphatic carbocycles. The first-order chi connectivity index (χ1) is 8.47. The molecule has 18 heavy (non-hydrogen) atoms. The Kier molecular flexibility index (Phi) is 5.44. The molecule has 0 aliphatic heterocycles. The van der Waals surface area contributed by atoms with Gasteiger partial charge in [0.05, 0.1) is 6.54 Å². The first-order valence-corrected chi connectivity index (χ1v) is 6.32. The second-order valence-corrected chi connectivity index (χ2v) is 4.86. The smallest absolute Gasteiger partial charge is 0.236 e. The highest BCUT2D eigenvalue weighted by Gasteiger charge is 2.17. The predicted molar refractivity (Wildman–Crippen MR) is 75.9 cm³/mol. The summed E-state index contributed by atoms with van der Waals surface area (Å²) in [7, 11) is 1.86. The molecule has 0 aromatic heterocycles. The molecule has 0 fully saturated rings. The summed E-state index contributed by atoms with van der Waals surface area (Å²) in [6.45, 7) is 4.88. The van der Waals surface area contributed by atoms with Gasteiger partial charge in [0.2, 0.25) is 5.91 Å². The number of carbonyl (C=O) groups is 1. The average Bonchev–Trinajstić information content (AvgIpc) is 2.28. The molecule has 0 heterocycles. The minimum atomic E-state index is -0.348. The molecule has 1 aromatic rings. The Bertz CT molecular complexity index is 421. The van der Waals surface area contributed by atoms with Gasteiger partial charge in [-0.05, 0) is 33.0 Å². The molecule has 0 bridgehead atoms. The van der Waals surface area contributed by atoms with Gasteiger partial charge in [-0.1, -0.05) is 17.7 Å². The Balaban J connectivity index is 3.18. The van der Waals surface area contributed by atoms with Crippen LogP contribution in [0.4, 0.5) is 5.69 Å². The second kappa shape index (κ2) is 6.61.